The van der Waals surface area contributed by atoms with Crippen molar-refractivity contribution in [1.82, 2.24) is 15.2 Å². The third kappa shape index (κ3) is 4.69. The molecule has 6 heteroatoms. The second-order valence-corrected chi connectivity index (χ2v) is 9.27. The molecule has 3 aromatic rings. The lowest BCUT2D eigenvalue weighted by molar-refractivity contribution is -0.130. The van der Waals surface area contributed by atoms with E-state index in [4.69, 9.17) is 0 Å². The maximum atomic E-state index is 13.3. The van der Waals surface area contributed by atoms with Gasteiger partial charge < -0.3 is 10.2 Å². The lowest BCUT2D eigenvalue weighted by Crippen LogP contribution is -2.47. The highest BCUT2D eigenvalue weighted by atomic mass is 32.1. The van der Waals surface area contributed by atoms with E-state index < -0.39 is 5.41 Å². The number of nitrogens with zero attached hydrogens (tertiary/aromatic N) is 2. The van der Waals surface area contributed by atoms with Crippen molar-refractivity contribution in [3.63, 3.8) is 0 Å². The third-order valence-electron chi connectivity index (χ3n) is 5.78. The molecular formula is C25H27N3O2S. The van der Waals surface area contributed by atoms with Crippen LogP contribution >= 0.6 is 11.3 Å². The summed E-state index contributed by atoms with van der Waals surface area (Å²) in [5.41, 5.74) is 3.26. The number of pyridine rings is 1. The van der Waals surface area contributed by atoms with Crippen LogP contribution in [0.25, 0.3) is 11.1 Å². The molecule has 1 aliphatic rings. The van der Waals surface area contributed by atoms with Crippen molar-refractivity contribution in [2.75, 3.05) is 13.1 Å². The Balaban J connectivity index is 1.56. The van der Waals surface area contributed by atoms with Crippen LogP contribution in [0.5, 0.6) is 0 Å². The molecule has 0 saturated carbocycles. The number of carbonyl (C=O) groups is 2. The zero-order valence-corrected chi connectivity index (χ0v) is 18.7. The number of likely N-dealkylation sites (tertiary alicyclic amines) is 1. The molecule has 0 radical (unpaired) electrons. The van der Waals surface area contributed by atoms with Crippen LogP contribution in [0.2, 0.25) is 0 Å². The Morgan fingerprint density at radius 1 is 1.13 bits per heavy atom. The fraction of sp³-hybridized carbons (Fsp3) is 0.320. The highest BCUT2D eigenvalue weighted by Crippen LogP contribution is 2.36. The molecule has 1 aromatic carbocycles. The number of hydrogen-bond acceptors (Lipinski definition) is 4. The van der Waals surface area contributed by atoms with Crippen LogP contribution in [0, 0.1) is 5.41 Å². The largest absolute Gasteiger partial charge is 0.353 e. The smallest absolute Gasteiger partial charge is 0.272 e. The summed E-state index contributed by atoms with van der Waals surface area (Å²) in [6.45, 7) is 4.88. The van der Waals surface area contributed by atoms with E-state index in [1.807, 2.05) is 19.9 Å². The molecule has 1 N–H and O–H groups in total. The fourth-order valence-corrected chi connectivity index (χ4v) is 4.82. The number of thiophene rings is 1. The van der Waals surface area contributed by atoms with E-state index in [2.05, 4.69) is 51.4 Å². The van der Waals surface area contributed by atoms with E-state index in [1.165, 1.54) is 11.1 Å². The van der Waals surface area contributed by atoms with Gasteiger partial charge in [0.1, 0.15) is 5.69 Å². The lowest BCUT2D eigenvalue weighted by Gasteiger charge is -2.29. The van der Waals surface area contributed by atoms with Crippen molar-refractivity contribution in [3.8, 4) is 11.1 Å². The van der Waals surface area contributed by atoms with Gasteiger partial charge in [-0.1, -0.05) is 30.3 Å². The zero-order chi connectivity index (χ0) is 21.8. The van der Waals surface area contributed by atoms with Gasteiger partial charge >= 0.3 is 0 Å². The molecule has 1 atom stereocenters. The van der Waals surface area contributed by atoms with Gasteiger partial charge in [0.2, 0.25) is 5.91 Å². The van der Waals surface area contributed by atoms with Gasteiger partial charge in [-0.05, 0) is 72.3 Å². The van der Waals surface area contributed by atoms with Crippen LogP contribution in [0.1, 0.15) is 36.3 Å². The van der Waals surface area contributed by atoms with Gasteiger partial charge in [-0.2, -0.15) is 11.3 Å². The summed E-state index contributed by atoms with van der Waals surface area (Å²) < 4.78 is 0. The van der Waals surface area contributed by atoms with Crippen molar-refractivity contribution in [2.45, 2.75) is 32.7 Å². The van der Waals surface area contributed by atoms with Crippen LogP contribution < -0.4 is 5.32 Å². The topological polar surface area (TPSA) is 62.3 Å². The van der Waals surface area contributed by atoms with Gasteiger partial charge in [0.15, 0.2) is 0 Å². The number of aromatic nitrogens is 1. The minimum Gasteiger partial charge on any atom is -0.353 e. The molecule has 0 spiro atoms. The fourth-order valence-electron chi connectivity index (χ4n) is 4.16. The van der Waals surface area contributed by atoms with Crippen LogP contribution in [0.15, 0.2) is 65.5 Å². The summed E-state index contributed by atoms with van der Waals surface area (Å²) >= 11 is 1.68. The predicted molar refractivity (Wildman–Crippen MR) is 124 cm³/mol. The normalized spacial score (nSPS) is 18.4. The summed E-state index contributed by atoms with van der Waals surface area (Å²) in [6.07, 6.45) is 2.86. The number of carbonyl (C=O) groups excluding carboxylic acids is 2. The quantitative estimate of drug-likeness (QED) is 0.626. The van der Waals surface area contributed by atoms with Crippen molar-refractivity contribution < 1.29 is 9.59 Å². The first-order chi connectivity index (χ1) is 15.0. The van der Waals surface area contributed by atoms with E-state index in [9.17, 15) is 9.59 Å². The van der Waals surface area contributed by atoms with E-state index in [0.29, 0.717) is 31.6 Å². The SMILES string of the molecule is CC(C)NC(=O)C1(Cc2ccc(-c3ccsc3)cc2)CCN(C(=O)c2ccccn2)C1. The van der Waals surface area contributed by atoms with Gasteiger partial charge in [0, 0.05) is 25.3 Å². The molecule has 1 saturated heterocycles. The Kier molecular flexibility index (Phi) is 6.18. The van der Waals surface area contributed by atoms with Crippen LogP contribution in [0.4, 0.5) is 0 Å². The number of rotatable bonds is 6. The summed E-state index contributed by atoms with van der Waals surface area (Å²) in [4.78, 5) is 32.2. The standard InChI is InChI=1S/C25H27N3O2S/c1-18(2)27-24(30)25(11-13-28(17-25)23(29)22-5-3-4-12-26-22)15-19-6-8-20(9-7-19)21-10-14-31-16-21/h3-10,12,14,16,18H,11,13,15,17H2,1-2H3,(H,27,30). The first-order valence-electron chi connectivity index (χ1n) is 10.6. The highest BCUT2D eigenvalue weighted by Gasteiger charge is 2.46. The zero-order valence-electron chi connectivity index (χ0n) is 17.9. The van der Waals surface area contributed by atoms with E-state index in [-0.39, 0.29) is 17.9 Å². The average molecular weight is 434 g/mol. The third-order valence-corrected chi connectivity index (χ3v) is 6.46. The summed E-state index contributed by atoms with van der Waals surface area (Å²) in [5, 5.41) is 7.29. The Labute approximate surface area is 187 Å². The van der Waals surface area contributed by atoms with Gasteiger partial charge in [0.05, 0.1) is 5.41 Å². The molecule has 0 bridgehead atoms. The first kappa shape index (κ1) is 21.2. The van der Waals surface area contributed by atoms with Crippen LogP contribution in [0.3, 0.4) is 0 Å². The Hall–Kier alpha value is -2.99. The van der Waals surface area contributed by atoms with Gasteiger partial charge in [-0.25, -0.2) is 0 Å². The minimum absolute atomic E-state index is 0.0146. The highest BCUT2D eigenvalue weighted by molar-refractivity contribution is 7.08. The maximum absolute atomic E-state index is 13.3. The Morgan fingerprint density at radius 3 is 2.58 bits per heavy atom. The molecule has 31 heavy (non-hydrogen) atoms. The first-order valence-corrected chi connectivity index (χ1v) is 11.5. The van der Waals surface area contributed by atoms with Crippen LogP contribution in [-0.4, -0.2) is 40.8 Å². The van der Waals surface area contributed by atoms with E-state index >= 15 is 0 Å². The number of amides is 2. The second-order valence-electron chi connectivity index (χ2n) is 8.49. The molecule has 1 aliphatic heterocycles. The molecule has 4 rings (SSSR count). The van der Waals surface area contributed by atoms with Crippen molar-refractivity contribution in [2.24, 2.45) is 5.41 Å². The molecule has 1 unspecified atom stereocenters. The molecule has 160 valence electrons. The van der Waals surface area contributed by atoms with Crippen LogP contribution in [-0.2, 0) is 11.2 Å². The second kappa shape index (κ2) is 9.02. The Morgan fingerprint density at radius 2 is 1.94 bits per heavy atom. The van der Waals surface area contributed by atoms with Gasteiger partial charge in [-0.15, -0.1) is 0 Å². The molecule has 0 aliphatic carbocycles. The monoisotopic (exact) mass is 433 g/mol. The van der Waals surface area contributed by atoms with Gasteiger partial charge in [-0.3, -0.25) is 14.6 Å². The van der Waals surface area contributed by atoms with Gasteiger partial charge in [0.25, 0.3) is 5.91 Å². The molecular weight excluding hydrogens is 406 g/mol. The van der Waals surface area contributed by atoms with Crippen molar-refractivity contribution in [1.29, 1.82) is 0 Å². The summed E-state index contributed by atoms with van der Waals surface area (Å²) in [5.74, 6) is -0.103. The minimum atomic E-state index is -0.640. The predicted octanol–water partition coefficient (Wildman–Crippen LogP) is 4.41. The maximum Gasteiger partial charge on any atom is 0.272 e. The number of benzene rings is 1. The van der Waals surface area contributed by atoms with E-state index in [0.717, 1.165) is 5.56 Å². The molecule has 2 aromatic heterocycles. The molecule has 3 heterocycles. The lowest BCUT2D eigenvalue weighted by atomic mass is 9.79. The summed E-state index contributed by atoms with van der Waals surface area (Å²) in [6, 6.07) is 15.9. The molecule has 5 nitrogen and oxygen atoms in total. The van der Waals surface area contributed by atoms with Crippen molar-refractivity contribution in [3.05, 3.63) is 76.7 Å². The molecule has 1 fully saturated rings. The average Bonchev–Trinajstić information content (AvgIpc) is 3.45. The Bertz CT molecular complexity index is 1030. The number of hydrogen-bond donors (Lipinski definition) is 1. The summed E-state index contributed by atoms with van der Waals surface area (Å²) in [7, 11) is 0. The van der Waals surface area contributed by atoms with Crippen molar-refractivity contribution >= 4 is 23.2 Å². The molecule has 2 amide bonds. The van der Waals surface area contributed by atoms with E-state index in [1.54, 1.807) is 34.6 Å². The number of nitrogens with one attached hydrogen (secondary N) is 1.